The Balaban J connectivity index is 1.47. The molecule has 5 heteroatoms. The molecule has 2 saturated heterocycles. The topological polar surface area (TPSA) is 23.6 Å². The van der Waals surface area contributed by atoms with Gasteiger partial charge in [0.05, 0.1) is 4.88 Å². The molecule has 1 aromatic carbocycles. The number of carbonyl (C=O) groups is 1. The molecule has 2 aliphatic rings. The number of thiophene rings is 1. The van der Waals surface area contributed by atoms with Gasteiger partial charge in [-0.15, -0.1) is 11.3 Å². The molecule has 0 spiro atoms. The van der Waals surface area contributed by atoms with Gasteiger partial charge < -0.3 is 4.90 Å². The molecule has 1 amide bonds. The summed E-state index contributed by atoms with van der Waals surface area (Å²) in [7, 11) is 2.01. The summed E-state index contributed by atoms with van der Waals surface area (Å²) in [5.41, 5.74) is 1.33. The number of nitrogens with zero attached hydrogens (tertiary/aromatic N) is 2. The molecule has 2 aliphatic heterocycles. The van der Waals surface area contributed by atoms with Crippen molar-refractivity contribution in [2.75, 3.05) is 31.6 Å². The monoisotopic (exact) mass is 414 g/mol. The van der Waals surface area contributed by atoms with Crippen LogP contribution in [0.15, 0.2) is 47.8 Å². The minimum atomic E-state index is 0.172. The fourth-order valence-electron chi connectivity index (χ4n) is 4.68. The average molecular weight is 415 g/mol. The number of carbonyl (C=O) groups excluding carboxylic acids is 1. The van der Waals surface area contributed by atoms with Crippen molar-refractivity contribution in [1.82, 2.24) is 9.80 Å². The molecule has 28 heavy (non-hydrogen) atoms. The zero-order chi connectivity index (χ0) is 19.3. The van der Waals surface area contributed by atoms with Crippen LogP contribution in [0.1, 0.15) is 34.5 Å². The number of hydrogen-bond donors (Lipinski definition) is 0. The van der Waals surface area contributed by atoms with E-state index in [1.54, 1.807) is 11.3 Å². The van der Waals surface area contributed by atoms with Crippen LogP contribution in [0.25, 0.3) is 0 Å². The first-order valence-corrected chi connectivity index (χ1v) is 12.4. The van der Waals surface area contributed by atoms with Crippen LogP contribution in [0.3, 0.4) is 0 Å². The van der Waals surface area contributed by atoms with Crippen molar-refractivity contribution >= 4 is 29.0 Å². The predicted molar refractivity (Wildman–Crippen MR) is 120 cm³/mol. The van der Waals surface area contributed by atoms with Crippen LogP contribution in [-0.2, 0) is 6.42 Å². The first-order valence-electron chi connectivity index (χ1n) is 10.4. The molecule has 150 valence electrons. The van der Waals surface area contributed by atoms with Crippen LogP contribution in [0.5, 0.6) is 0 Å². The quantitative estimate of drug-likeness (QED) is 0.687. The van der Waals surface area contributed by atoms with E-state index in [2.05, 4.69) is 47.0 Å². The molecule has 0 N–H and O–H groups in total. The number of hydrogen-bond acceptors (Lipinski definition) is 4. The average Bonchev–Trinajstić information content (AvgIpc) is 3.46. The van der Waals surface area contributed by atoms with E-state index in [9.17, 15) is 4.79 Å². The predicted octanol–water partition coefficient (Wildman–Crippen LogP) is 4.65. The maximum absolute atomic E-state index is 13.1. The summed E-state index contributed by atoms with van der Waals surface area (Å²) in [6.07, 6.45) is 4.68. The minimum absolute atomic E-state index is 0.172. The molecular weight excluding hydrogens is 384 g/mol. The maximum Gasteiger partial charge on any atom is 0.263 e. The van der Waals surface area contributed by atoms with Crippen molar-refractivity contribution < 1.29 is 4.79 Å². The van der Waals surface area contributed by atoms with Crippen molar-refractivity contribution in [3.8, 4) is 0 Å². The lowest BCUT2D eigenvalue weighted by atomic mass is 9.84. The highest BCUT2D eigenvalue weighted by atomic mass is 32.2. The van der Waals surface area contributed by atoms with E-state index in [0.717, 1.165) is 17.3 Å². The van der Waals surface area contributed by atoms with Crippen LogP contribution in [0.2, 0.25) is 0 Å². The highest BCUT2D eigenvalue weighted by Crippen LogP contribution is 2.31. The van der Waals surface area contributed by atoms with Gasteiger partial charge in [0.2, 0.25) is 0 Å². The fourth-order valence-corrected chi connectivity index (χ4v) is 6.64. The van der Waals surface area contributed by atoms with Crippen molar-refractivity contribution in [2.24, 2.45) is 5.92 Å². The van der Waals surface area contributed by atoms with Gasteiger partial charge in [0, 0.05) is 24.9 Å². The fraction of sp³-hybridized carbons (Fsp3) is 0.522. The Morgan fingerprint density at radius 1 is 1.14 bits per heavy atom. The summed E-state index contributed by atoms with van der Waals surface area (Å²) in [6.45, 7) is 2.37. The Morgan fingerprint density at radius 2 is 1.93 bits per heavy atom. The van der Waals surface area contributed by atoms with E-state index in [1.807, 2.05) is 29.5 Å². The second-order valence-corrected chi connectivity index (χ2v) is 10.1. The van der Waals surface area contributed by atoms with Crippen molar-refractivity contribution in [3.63, 3.8) is 0 Å². The van der Waals surface area contributed by atoms with Crippen LogP contribution in [-0.4, -0.2) is 59.4 Å². The van der Waals surface area contributed by atoms with Gasteiger partial charge in [0.25, 0.3) is 5.91 Å². The van der Waals surface area contributed by atoms with E-state index in [-0.39, 0.29) is 11.9 Å². The normalized spacial score (nSPS) is 22.2. The molecule has 1 aromatic heterocycles. The lowest BCUT2D eigenvalue weighted by Gasteiger charge is -2.41. The van der Waals surface area contributed by atoms with E-state index < -0.39 is 0 Å². The molecule has 2 atom stereocenters. The molecule has 0 saturated carbocycles. The van der Waals surface area contributed by atoms with E-state index >= 15 is 0 Å². The van der Waals surface area contributed by atoms with Crippen LogP contribution < -0.4 is 0 Å². The zero-order valence-electron chi connectivity index (χ0n) is 16.6. The summed E-state index contributed by atoms with van der Waals surface area (Å²) in [4.78, 5) is 18.7. The number of likely N-dealkylation sites (N-methyl/N-ethyl adjacent to an activating group) is 1. The first kappa shape index (κ1) is 20.0. The molecule has 0 radical (unpaired) electrons. The largest absolute Gasteiger partial charge is 0.337 e. The molecular formula is C23H30N2OS2. The zero-order valence-corrected chi connectivity index (χ0v) is 18.3. The molecule has 2 aromatic rings. The molecule has 3 heterocycles. The van der Waals surface area contributed by atoms with Gasteiger partial charge >= 0.3 is 0 Å². The van der Waals surface area contributed by atoms with Gasteiger partial charge in [-0.05, 0) is 67.5 Å². The highest BCUT2D eigenvalue weighted by Gasteiger charge is 2.34. The van der Waals surface area contributed by atoms with Crippen molar-refractivity contribution in [2.45, 2.75) is 37.8 Å². The molecule has 4 rings (SSSR count). The molecule has 0 bridgehead atoms. The summed E-state index contributed by atoms with van der Waals surface area (Å²) in [5.74, 6) is 3.36. The Bertz CT molecular complexity index is 735. The number of amides is 1. The number of benzene rings is 1. The summed E-state index contributed by atoms with van der Waals surface area (Å²) in [6, 6.07) is 15.6. The number of likely N-dealkylation sites (tertiary alicyclic amines) is 1. The number of thioether (sulfide) groups is 1. The lowest BCUT2D eigenvalue weighted by molar-refractivity contribution is 0.0561. The molecule has 2 fully saturated rings. The Hall–Kier alpha value is -1.30. The SMILES string of the molecule is CN(C(=O)c1cccs1)[C@@H](Cc1ccccc1)C1CCN([C@H]2CCSC2)CC1. The second-order valence-electron chi connectivity index (χ2n) is 8.04. The van der Waals surface area contributed by atoms with E-state index in [0.29, 0.717) is 5.92 Å². The standard InChI is InChI=1S/C23H30N2OS2/c1-24(23(26)22-8-5-14-28-22)21(16-18-6-3-2-4-7-18)19-9-12-25(13-10-19)20-11-15-27-17-20/h2-8,14,19-21H,9-13,15-17H2,1H3/t20-,21-/m0/s1. The van der Waals surface area contributed by atoms with Gasteiger partial charge in [0.1, 0.15) is 0 Å². The third-order valence-corrected chi connectivity index (χ3v) is 8.38. The first-order chi connectivity index (χ1) is 13.7. The van der Waals surface area contributed by atoms with E-state index in [1.165, 1.54) is 49.4 Å². The van der Waals surface area contributed by atoms with Gasteiger partial charge in [-0.2, -0.15) is 11.8 Å². The van der Waals surface area contributed by atoms with Crippen LogP contribution >= 0.6 is 23.1 Å². The van der Waals surface area contributed by atoms with E-state index in [4.69, 9.17) is 0 Å². The van der Waals surface area contributed by atoms with Gasteiger partial charge in [0.15, 0.2) is 0 Å². The van der Waals surface area contributed by atoms with Crippen molar-refractivity contribution in [1.29, 1.82) is 0 Å². The molecule has 0 unspecified atom stereocenters. The summed E-state index contributed by atoms with van der Waals surface area (Å²) in [5, 5.41) is 1.99. The Morgan fingerprint density at radius 3 is 2.57 bits per heavy atom. The number of rotatable bonds is 6. The van der Waals surface area contributed by atoms with Crippen LogP contribution in [0.4, 0.5) is 0 Å². The summed E-state index contributed by atoms with van der Waals surface area (Å²) >= 11 is 3.64. The van der Waals surface area contributed by atoms with Crippen LogP contribution in [0, 0.1) is 5.92 Å². The minimum Gasteiger partial charge on any atom is -0.337 e. The maximum atomic E-state index is 13.1. The lowest BCUT2D eigenvalue weighted by Crippen LogP contribution is -2.49. The molecule has 3 nitrogen and oxygen atoms in total. The Labute approximate surface area is 177 Å². The smallest absolute Gasteiger partial charge is 0.263 e. The number of piperidine rings is 1. The Kier molecular flexibility index (Phi) is 6.76. The molecule has 0 aliphatic carbocycles. The summed E-state index contributed by atoms with van der Waals surface area (Å²) < 4.78 is 0. The van der Waals surface area contributed by atoms with Gasteiger partial charge in [-0.3, -0.25) is 9.69 Å². The highest BCUT2D eigenvalue weighted by molar-refractivity contribution is 7.99. The third kappa shape index (κ3) is 4.64. The second kappa shape index (κ2) is 9.47. The third-order valence-electron chi connectivity index (χ3n) is 6.38. The van der Waals surface area contributed by atoms with Crippen molar-refractivity contribution in [3.05, 3.63) is 58.3 Å². The van der Waals surface area contributed by atoms with Gasteiger partial charge in [-0.25, -0.2) is 0 Å². The van der Waals surface area contributed by atoms with Gasteiger partial charge in [-0.1, -0.05) is 36.4 Å².